The Kier molecular flexibility index (Phi) is 3.49. The molecule has 0 spiro atoms. The van der Waals surface area contributed by atoms with Crippen molar-refractivity contribution >= 4 is 0 Å². The number of rotatable bonds is 5. The Hall–Kier alpha value is -0.940. The van der Waals surface area contributed by atoms with Crippen LogP contribution >= 0.6 is 0 Å². The summed E-state index contributed by atoms with van der Waals surface area (Å²) >= 11 is 0. The van der Waals surface area contributed by atoms with Crippen LogP contribution in [0, 0.1) is 0 Å². The van der Waals surface area contributed by atoms with E-state index in [0.29, 0.717) is 6.04 Å². The van der Waals surface area contributed by atoms with Crippen molar-refractivity contribution in [3.63, 3.8) is 0 Å². The number of hydrogen-bond acceptors (Lipinski definition) is 4. The minimum Gasteiger partial charge on any atom is -0.387 e. The standard InChI is InChI=1S/C12H22N4O/c1-4-5-12(17)7-15(8-12)6-11-13-9-14-16(11)10(2)3/h9-10,17H,4-8H2,1-3H3. The lowest BCUT2D eigenvalue weighted by Gasteiger charge is -2.46. The van der Waals surface area contributed by atoms with E-state index in [1.165, 1.54) is 0 Å². The van der Waals surface area contributed by atoms with Crippen molar-refractivity contribution in [1.82, 2.24) is 19.7 Å². The molecule has 5 nitrogen and oxygen atoms in total. The monoisotopic (exact) mass is 238 g/mol. The van der Waals surface area contributed by atoms with Gasteiger partial charge in [-0.15, -0.1) is 0 Å². The summed E-state index contributed by atoms with van der Waals surface area (Å²) in [6, 6.07) is 0.336. The molecular formula is C12H22N4O. The Morgan fingerprint density at radius 2 is 2.18 bits per heavy atom. The predicted molar refractivity (Wildman–Crippen MR) is 65.5 cm³/mol. The van der Waals surface area contributed by atoms with Crippen molar-refractivity contribution in [3.05, 3.63) is 12.2 Å². The van der Waals surface area contributed by atoms with Crippen LogP contribution in [0.4, 0.5) is 0 Å². The highest BCUT2D eigenvalue weighted by molar-refractivity contribution is 4.98. The van der Waals surface area contributed by atoms with Gasteiger partial charge in [0.15, 0.2) is 0 Å². The fourth-order valence-electron chi connectivity index (χ4n) is 2.54. The summed E-state index contributed by atoms with van der Waals surface area (Å²) in [7, 11) is 0. The van der Waals surface area contributed by atoms with Crippen molar-refractivity contribution in [2.75, 3.05) is 13.1 Å². The molecule has 0 atom stereocenters. The maximum atomic E-state index is 10.1. The molecule has 2 heterocycles. The molecule has 0 saturated carbocycles. The van der Waals surface area contributed by atoms with E-state index in [-0.39, 0.29) is 0 Å². The van der Waals surface area contributed by atoms with Crippen molar-refractivity contribution < 1.29 is 5.11 Å². The van der Waals surface area contributed by atoms with E-state index < -0.39 is 5.60 Å². The molecule has 0 unspecified atom stereocenters. The first-order valence-corrected chi connectivity index (χ1v) is 6.37. The van der Waals surface area contributed by atoms with E-state index in [0.717, 1.165) is 38.3 Å². The van der Waals surface area contributed by atoms with Gasteiger partial charge in [0.25, 0.3) is 0 Å². The molecule has 17 heavy (non-hydrogen) atoms. The number of hydrogen-bond donors (Lipinski definition) is 1. The van der Waals surface area contributed by atoms with E-state index in [9.17, 15) is 5.11 Å². The van der Waals surface area contributed by atoms with Crippen LogP contribution in [-0.2, 0) is 6.54 Å². The van der Waals surface area contributed by atoms with Gasteiger partial charge in [0.1, 0.15) is 12.2 Å². The van der Waals surface area contributed by atoms with Gasteiger partial charge in [-0.05, 0) is 20.3 Å². The molecule has 1 fully saturated rings. The van der Waals surface area contributed by atoms with Crippen LogP contribution in [0.1, 0.15) is 45.5 Å². The first-order chi connectivity index (χ1) is 8.04. The molecule has 1 aromatic rings. The zero-order chi connectivity index (χ0) is 12.5. The Balaban J connectivity index is 1.89. The normalized spacial score (nSPS) is 19.6. The van der Waals surface area contributed by atoms with E-state index in [1.54, 1.807) is 6.33 Å². The predicted octanol–water partition coefficient (Wildman–Crippen LogP) is 1.21. The number of aromatic nitrogens is 3. The van der Waals surface area contributed by atoms with Gasteiger partial charge in [0, 0.05) is 19.1 Å². The average Bonchev–Trinajstić information content (AvgIpc) is 2.64. The minimum absolute atomic E-state index is 0.336. The van der Waals surface area contributed by atoms with Gasteiger partial charge in [-0.3, -0.25) is 4.90 Å². The highest BCUT2D eigenvalue weighted by Crippen LogP contribution is 2.27. The molecule has 5 heteroatoms. The minimum atomic E-state index is -0.461. The third-order valence-corrected chi connectivity index (χ3v) is 3.25. The van der Waals surface area contributed by atoms with Crippen LogP contribution in [0.15, 0.2) is 6.33 Å². The van der Waals surface area contributed by atoms with Crippen molar-refractivity contribution in [3.8, 4) is 0 Å². The van der Waals surface area contributed by atoms with Crippen LogP contribution in [0.5, 0.6) is 0 Å². The third-order valence-electron chi connectivity index (χ3n) is 3.25. The zero-order valence-electron chi connectivity index (χ0n) is 10.9. The first-order valence-electron chi connectivity index (χ1n) is 6.37. The maximum absolute atomic E-state index is 10.1. The molecule has 96 valence electrons. The summed E-state index contributed by atoms with van der Waals surface area (Å²) in [5, 5.41) is 14.3. The second-order valence-electron chi connectivity index (χ2n) is 5.33. The molecule has 1 N–H and O–H groups in total. The van der Waals surface area contributed by atoms with Crippen LogP contribution in [0.25, 0.3) is 0 Å². The van der Waals surface area contributed by atoms with Crippen molar-refractivity contribution in [2.45, 2.75) is 51.8 Å². The number of aliphatic hydroxyl groups is 1. The molecule has 0 radical (unpaired) electrons. The van der Waals surface area contributed by atoms with Gasteiger partial charge in [0.2, 0.25) is 0 Å². The van der Waals surface area contributed by atoms with E-state index in [4.69, 9.17) is 0 Å². The molecule has 0 aliphatic carbocycles. The fourth-order valence-corrected chi connectivity index (χ4v) is 2.54. The van der Waals surface area contributed by atoms with Crippen molar-refractivity contribution in [2.24, 2.45) is 0 Å². The van der Waals surface area contributed by atoms with E-state index in [1.807, 2.05) is 4.68 Å². The Morgan fingerprint density at radius 1 is 1.47 bits per heavy atom. The first kappa shape index (κ1) is 12.5. The van der Waals surface area contributed by atoms with Gasteiger partial charge >= 0.3 is 0 Å². The molecule has 0 aromatic carbocycles. The van der Waals surface area contributed by atoms with Gasteiger partial charge in [-0.25, -0.2) is 9.67 Å². The smallest absolute Gasteiger partial charge is 0.141 e. The van der Waals surface area contributed by atoms with Crippen LogP contribution < -0.4 is 0 Å². The number of β-amino-alcohol motifs (C(OH)–C–C–N with tert-alkyl or cyclic N) is 1. The summed E-state index contributed by atoms with van der Waals surface area (Å²) in [5.41, 5.74) is -0.461. The van der Waals surface area contributed by atoms with Crippen LogP contribution in [0.2, 0.25) is 0 Å². The Bertz CT molecular complexity index is 368. The summed E-state index contributed by atoms with van der Waals surface area (Å²) in [6.45, 7) is 8.60. The molecule has 2 rings (SSSR count). The second-order valence-corrected chi connectivity index (χ2v) is 5.33. The highest BCUT2D eigenvalue weighted by Gasteiger charge is 2.40. The molecule has 1 saturated heterocycles. The van der Waals surface area contributed by atoms with Gasteiger partial charge in [-0.2, -0.15) is 5.10 Å². The van der Waals surface area contributed by atoms with Gasteiger partial charge < -0.3 is 5.11 Å². The summed E-state index contributed by atoms with van der Waals surface area (Å²) in [5.74, 6) is 0.985. The number of nitrogens with zero attached hydrogens (tertiary/aromatic N) is 4. The highest BCUT2D eigenvalue weighted by atomic mass is 16.3. The van der Waals surface area contributed by atoms with Crippen LogP contribution in [-0.4, -0.2) is 43.5 Å². The zero-order valence-corrected chi connectivity index (χ0v) is 10.9. The lowest BCUT2D eigenvalue weighted by atomic mass is 9.89. The molecule has 0 bridgehead atoms. The molecular weight excluding hydrogens is 216 g/mol. The van der Waals surface area contributed by atoms with Gasteiger partial charge in [0.05, 0.1) is 12.1 Å². The topological polar surface area (TPSA) is 54.2 Å². The third kappa shape index (κ3) is 2.66. The Morgan fingerprint density at radius 3 is 2.76 bits per heavy atom. The lowest BCUT2D eigenvalue weighted by molar-refractivity contribution is -0.108. The Labute approximate surface area is 102 Å². The van der Waals surface area contributed by atoms with E-state index in [2.05, 4.69) is 35.8 Å². The van der Waals surface area contributed by atoms with Gasteiger partial charge in [-0.1, -0.05) is 13.3 Å². The number of likely N-dealkylation sites (tertiary alicyclic amines) is 1. The van der Waals surface area contributed by atoms with Crippen molar-refractivity contribution in [1.29, 1.82) is 0 Å². The second kappa shape index (κ2) is 4.74. The molecule has 1 aromatic heterocycles. The maximum Gasteiger partial charge on any atom is 0.141 e. The summed E-state index contributed by atoms with van der Waals surface area (Å²) in [6.07, 6.45) is 3.53. The molecule has 0 amide bonds. The van der Waals surface area contributed by atoms with Crippen LogP contribution in [0.3, 0.4) is 0 Å². The SMILES string of the molecule is CCCC1(O)CN(Cc2ncnn2C(C)C)C1. The fraction of sp³-hybridized carbons (Fsp3) is 0.833. The lowest BCUT2D eigenvalue weighted by Crippen LogP contribution is -2.61. The van der Waals surface area contributed by atoms with E-state index >= 15 is 0 Å². The summed E-state index contributed by atoms with van der Waals surface area (Å²) in [4.78, 5) is 6.50. The quantitative estimate of drug-likeness (QED) is 0.837. The molecule has 1 aliphatic rings. The summed E-state index contributed by atoms with van der Waals surface area (Å²) < 4.78 is 1.94. The molecule has 1 aliphatic heterocycles. The average molecular weight is 238 g/mol. The largest absolute Gasteiger partial charge is 0.387 e.